The Bertz CT molecular complexity index is 1060. The maximum atomic E-state index is 13.5. The van der Waals surface area contributed by atoms with E-state index in [0.29, 0.717) is 0 Å². The molecule has 2 heterocycles. The van der Waals surface area contributed by atoms with E-state index < -0.39 is 0 Å². The summed E-state index contributed by atoms with van der Waals surface area (Å²) < 4.78 is 22.2. The highest BCUT2D eigenvalue weighted by molar-refractivity contribution is 5.80. The first-order chi connectivity index (χ1) is 13.8. The Morgan fingerprint density at radius 1 is 1.17 bits per heavy atom. The van der Waals surface area contributed by atoms with Crippen LogP contribution in [0.5, 0.6) is 5.75 Å². The van der Waals surface area contributed by atoms with Crippen LogP contribution in [0, 0.1) is 12.7 Å². The van der Waals surface area contributed by atoms with E-state index in [1.165, 1.54) is 17.7 Å². The minimum absolute atomic E-state index is 0.234. The molecule has 1 aliphatic rings. The molecule has 0 aliphatic carbocycles. The van der Waals surface area contributed by atoms with Crippen molar-refractivity contribution in [3.8, 4) is 22.6 Å². The third-order valence-electron chi connectivity index (χ3n) is 5.53. The lowest BCUT2D eigenvalue weighted by atomic mass is 9.96. The summed E-state index contributed by atoms with van der Waals surface area (Å²) in [5, 5.41) is 0. The van der Waals surface area contributed by atoms with Crippen LogP contribution >= 0.6 is 0 Å². The van der Waals surface area contributed by atoms with Crippen molar-refractivity contribution in [2.75, 3.05) is 34.3 Å². The Balaban J connectivity index is 1.89. The molecule has 5 heteroatoms. The Hall–Kier alpha value is -2.92. The molecule has 1 aliphatic heterocycles. The third-order valence-corrected chi connectivity index (χ3v) is 5.53. The molecule has 4 rings (SSSR count). The zero-order chi connectivity index (χ0) is 20.6. The molecular weight excluding hydrogens is 365 g/mol. The average Bonchev–Trinajstić information content (AvgIpc) is 3.27. The van der Waals surface area contributed by atoms with Gasteiger partial charge in [0.15, 0.2) is 0 Å². The van der Waals surface area contributed by atoms with E-state index in [0.717, 1.165) is 57.8 Å². The Morgan fingerprint density at radius 2 is 1.93 bits per heavy atom. The summed E-state index contributed by atoms with van der Waals surface area (Å²) in [6, 6.07) is 10.9. The number of rotatable bonds is 4. The lowest BCUT2D eigenvalue weighted by Crippen LogP contribution is -2.35. The molecule has 1 saturated heterocycles. The molecule has 3 aromatic rings. The van der Waals surface area contributed by atoms with Crippen molar-refractivity contribution >= 4 is 6.08 Å². The lowest BCUT2D eigenvalue weighted by molar-refractivity contribution is -0.875. The molecule has 0 spiro atoms. The second-order valence-electron chi connectivity index (χ2n) is 8.41. The topological polar surface area (TPSA) is 27.1 Å². The summed E-state index contributed by atoms with van der Waals surface area (Å²) >= 11 is 0. The fourth-order valence-electron chi connectivity index (χ4n) is 3.99. The quantitative estimate of drug-likeness (QED) is 0.593. The summed E-state index contributed by atoms with van der Waals surface area (Å²) in [6.07, 6.45) is 7.12. The average molecular weight is 392 g/mol. The van der Waals surface area contributed by atoms with Gasteiger partial charge in [0.05, 0.1) is 45.5 Å². The second kappa shape index (κ2) is 7.48. The van der Waals surface area contributed by atoms with Crippen molar-refractivity contribution in [1.82, 2.24) is 9.55 Å². The highest BCUT2D eigenvalue weighted by atomic mass is 19.1. The first kappa shape index (κ1) is 19.4. The van der Waals surface area contributed by atoms with Gasteiger partial charge in [-0.05, 0) is 59.5 Å². The first-order valence-corrected chi connectivity index (χ1v) is 9.85. The third kappa shape index (κ3) is 4.10. The number of likely N-dealkylation sites (N-methyl/N-ethyl adjacent to an activating group) is 1. The molecular formula is C24H27FN3O+. The highest BCUT2D eigenvalue weighted by Crippen LogP contribution is 2.36. The normalized spacial score (nSPS) is 17.1. The smallest absolute Gasteiger partial charge is 0.143 e. The molecule has 0 N–H and O–H groups in total. The van der Waals surface area contributed by atoms with Crippen LogP contribution in [0.4, 0.5) is 4.39 Å². The summed E-state index contributed by atoms with van der Waals surface area (Å²) in [6.45, 7) is 4.14. The van der Waals surface area contributed by atoms with Gasteiger partial charge in [-0.1, -0.05) is 12.1 Å². The summed E-state index contributed by atoms with van der Waals surface area (Å²) in [4.78, 5) is 4.35. The van der Waals surface area contributed by atoms with Gasteiger partial charge in [-0.25, -0.2) is 9.37 Å². The van der Waals surface area contributed by atoms with Gasteiger partial charge in [0.25, 0.3) is 0 Å². The fraction of sp³-hybridized carbons (Fsp3) is 0.292. The molecule has 0 saturated carbocycles. The summed E-state index contributed by atoms with van der Waals surface area (Å²) in [5.74, 6) is 0.550. The van der Waals surface area contributed by atoms with E-state index in [1.54, 1.807) is 13.4 Å². The van der Waals surface area contributed by atoms with Crippen molar-refractivity contribution in [3.05, 3.63) is 71.6 Å². The van der Waals surface area contributed by atoms with E-state index in [2.05, 4.69) is 37.3 Å². The minimum Gasteiger partial charge on any atom is -0.495 e. The highest BCUT2D eigenvalue weighted by Gasteiger charge is 2.26. The number of halogens is 1. The number of likely N-dealkylation sites (tertiary alicyclic amines) is 1. The van der Waals surface area contributed by atoms with Crippen LogP contribution in [-0.4, -0.2) is 48.3 Å². The number of ether oxygens (including phenoxy) is 1. The molecule has 0 atom stereocenters. The van der Waals surface area contributed by atoms with Gasteiger partial charge >= 0.3 is 0 Å². The van der Waals surface area contributed by atoms with Gasteiger partial charge in [-0.2, -0.15) is 0 Å². The first-order valence-electron chi connectivity index (χ1n) is 9.85. The molecule has 150 valence electrons. The van der Waals surface area contributed by atoms with Crippen LogP contribution in [0.3, 0.4) is 0 Å². The minimum atomic E-state index is -0.234. The zero-order valence-electron chi connectivity index (χ0n) is 17.4. The molecule has 1 aromatic heterocycles. The largest absolute Gasteiger partial charge is 0.495 e. The van der Waals surface area contributed by atoms with Crippen molar-refractivity contribution in [3.63, 3.8) is 0 Å². The van der Waals surface area contributed by atoms with Crippen LogP contribution in [-0.2, 0) is 0 Å². The van der Waals surface area contributed by atoms with Crippen LogP contribution in [0.2, 0.25) is 0 Å². The van der Waals surface area contributed by atoms with Crippen molar-refractivity contribution < 1.29 is 13.6 Å². The number of benzene rings is 2. The molecule has 1 fully saturated rings. The predicted molar refractivity (Wildman–Crippen MR) is 115 cm³/mol. The summed E-state index contributed by atoms with van der Waals surface area (Å²) in [5.41, 5.74) is 6.39. The van der Waals surface area contributed by atoms with E-state index in [9.17, 15) is 4.39 Å². The van der Waals surface area contributed by atoms with Gasteiger partial charge in [0.2, 0.25) is 0 Å². The Labute approximate surface area is 171 Å². The molecule has 0 bridgehead atoms. The Morgan fingerprint density at radius 3 is 2.52 bits per heavy atom. The van der Waals surface area contributed by atoms with Crippen LogP contribution in [0.1, 0.15) is 17.7 Å². The number of nitrogens with zero attached hydrogens (tertiary/aromatic N) is 3. The maximum absolute atomic E-state index is 13.5. The van der Waals surface area contributed by atoms with E-state index in [-0.39, 0.29) is 5.82 Å². The molecule has 0 radical (unpaired) electrons. The van der Waals surface area contributed by atoms with Crippen LogP contribution in [0.25, 0.3) is 22.9 Å². The number of aromatic nitrogens is 2. The van der Waals surface area contributed by atoms with E-state index in [4.69, 9.17) is 4.74 Å². The fourth-order valence-corrected chi connectivity index (χ4v) is 3.99. The second-order valence-corrected chi connectivity index (χ2v) is 8.41. The van der Waals surface area contributed by atoms with Crippen molar-refractivity contribution in [2.45, 2.75) is 13.3 Å². The van der Waals surface area contributed by atoms with E-state index in [1.807, 2.05) is 29.8 Å². The molecule has 29 heavy (non-hydrogen) atoms. The number of hydrogen-bond acceptors (Lipinski definition) is 2. The van der Waals surface area contributed by atoms with Crippen molar-refractivity contribution in [2.24, 2.45) is 0 Å². The summed E-state index contributed by atoms with van der Waals surface area (Å²) in [7, 11) is 6.20. The van der Waals surface area contributed by atoms with Gasteiger partial charge < -0.3 is 13.8 Å². The van der Waals surface area contributed by atoms with Gasteiger partial charge in [0.1, 0.15) is 18.1 Å². The molecule has 4 nitrogen and oxygen atoms in total. The molecule has 0 amide bonds. The number of imidazole rings is 1. The maximum Gasteiger partial charge on any atom is 0.143 e. The van der Waals surface area contributed by atoms with Crippen LogP contribution < -0.4 is 4.74 Å². The number of aryl methyl sites for hydroxylation is 1. The Kier molecular flexibility index (Phi) is 5.01. The van der Waals surface area contributed by atoms with Crippen molar-refractivity contribution in [1.29, 1.82) is 0 Å². The number of methoxy groups -OCH3 is 1. The standard InChI is InChI=1S/C24H27FN3O/c1-17-14-27(16-26-17)23-13-22(19-5-7-21(25)8-6-19)20(12-24(23)29-4)11-18-9-10-28(2,3)15-18/h5-8,11-14,16H,9-10,15H2,1-4H3/q+1/b18-11-. The number of hydrogen-bond donors (Lipinski definition) is 0. The van der Waals surface area contributed by atoms with Gasteiger partial charge in [-0.15, -0.1) is 0 Å². The molecule has 2 aromatic carbocycles. The predicted octanol–water partition coefficient (Wildman–Crippen LogP) is 4.86. The zero-order valence-corrected chi connectivity index (χ0v) is 17.4. The van der Waals surface area contributed by atoms with Gasteiger partial charge in [0, 0.05) is 12.6 Å². The molecule has 0 unspecified atom stereocenters. The monoisotopic (exact) mass is 392 g/mol. The number of quaternary nitrogens is 1. The lowest BCUT2D eigenvalue weighted by Gasteiger charge is -2.22. The SMILES string of the molecule is COc1cc(/C=C2/CC[N+](C)(C)C2)c(-c2ccc(F)cc2)cc1-n1cnc(C)c1. The van der Waals surface area contributed by atoms with E-state index >= 15 is 0 Å². The van der Waals surface area contributed by atoms with Crippen LogP contribution in [0.15, 0.2) is 54.5 Å². The van der Waals surface area contributed by atoms with Gasteiger partial charge in [-0.3, -0.25) is 0 Å².